The summed E-state index contributed by atoms with van der Waals surface area (Å²) in [6.07, 6.45) is 6.10. The van der Waals surface area contributed by atoms with Crippen LogP contribution < -0.4 is 0 Å². The lowest BCUT2D eigenvalue weighted by Crippen LogP contribution is -2.46. The Labute approximate surface area is 145 Å². The van der Waals surface area contributed by atoms with Gasteiger partial charge in [-0.2, -0.15) is 5.10 Å². The lowest BCUT2D eigenvalue weighted by Gasteiger charge is -2.33. The van der Waals surface area contributed by atoms with E-state index in [1.165, 1.54) is 6.33 Å². The molecule has 1 saturated carbocycles. The lowest BCUT2D eigenvalue weighted by molar-refractivity contribution is -0.141. The van der Waals surface area contributed by atoms with E-state index < -0.39 is 12.0 Å². The first-order valence-corrected chi connectivity index (χ1v) is 8.66. The van der Waals surface area contributed by atoms with Crippen LogP contribution >= 0.6 is 0 Å². The van der Waals surface area contributed by atoms with Crippen molar-refractivity contribution in [3.8, 4) is 11.4 Å². The second-order valence-corrected chi connectivity index (χ2v) is 6.83. The van der Waals surface area contributed by atoms with Crippen molar-refractivity contribution in [2.45, 2.75) is 44.2 Å². The van der Waals surface area contributed by atoms with Crippen molar-refractivity contribution < 1.29 is 14.7 Å². The van der Waals surface area contributed by atoms with E-state index in [9.17, 15) is 14.7 Å². The largest absolute Gasteiger partial charge is 0.480 e. The normalized spacial score (nSPS) is 25.6. The molecule has 3 unspecified atom stereocenters. The van der Waals surface area contributed by atoms with Crippen LogP contribution in [0.15, 0.2) is 30.6 Å². The number of carboxylic acid groups (broad SMARTS) is 1. The topological polar surface area (TPSA) is 99.2 Å². The summed E-state index contributed by atoms with van der Waals surface area (Å²) in [6, 6.07) is 6.41. The highest BCUT2D eigenvalue weighted by atomic mass is 16.4. The zero-order valence-corrected chi connectivity index (χ0v) is 13.8. The molecule has 130 valence electrons. The maximum Gasteiger partial charge on any atom is 0.326 e. The molecule has 25 heavy (non-hydrogen) atoms. The molecule has 1 aliphatic heterocycles. The van der Waals surface area contributed by atoms with Gasteiger partial charge in [-0.1, -0.05) is 25.0 Å². The highest BCUT2D eigenvalue weighted by Crippen LogP contribution is 2.40. The van der Waals surface area contributed by atoms with Crippen LogP contribution in [0.1, 0.15) is 42.5 Å². The van der Waals surface area contributed by atoms with Crippen molar-refractivity contribution in [2.75, 3.05) is 0 Å². The van der Waals surface area contributed by atoms with Gasteiger partial charge >= 0.3 is 5.97 Å². The fraction of sp³-hybridized carbons (Fsp3) is 0.444. The molecule has 2 aromatic rings. The van der Waals surface area contributed by atoms with Crippen LogP contribution in [0.2, 0.25) is 0 Å². The van der Waals surface area contributed by atoms with E-state index in [4.69, 9.17) is 0 Å². The first-order chi connectivity index (χ1) is 12.1. The average Bonchev–Trinajstić information content (AvgIpc) is 3.29. The monoisotopic (exact) mass is 340 g/mol. The van der Waals surface area contributed by atoms with E-state index in [1.807, 2.05) is 0 Å². The van der Waals surface area contributed by atoms with E-state index >= 15 is 0 Å². The van der Waals surface area contributed by atoms with E-state index in [0.29, 0.717) is 23.7 Å². The fourth-order valence-corrected chi connectivity index (χ4v) is 4.24. The van der Waals surface area contributed by atoms with Gasteiger partial charge in [0.25, 0.3) is 5.91 Å². The number of nitrogens with zero attached hydrogens (tertiary/aromatic N) is 3. The predicted octanol–water partition coefficient (Wildman–Crippen LogP) is 2.33. The maximum absolute atomic E-state index is 13.0. The van der Waals surface area contributed by atoms with Gasteiger partial charge in [0, 0.05) is 17.2 Å². The zero-order valence-electron chi connectivity index (χ0n) is 13.8. The Morgan fingerprint density at radius 2 is 1.92 bits per heavy atom. The molecule has 2 fully saturated rings. The fourth-order valence-electron chi connectivity index (χ4n) is 4.24. The van der Waals surface area contributed by atoms with E-state index in [1.54, 1.807) is 29.2 Å². The van der Waals surface area contributed by atoms with Gasteiger partial charge in [0.15, 0.2) is 5.82 Å². The van der Waals surface area contributed by atoms with E-state index in [0.717, 1.165) is 31.2 Å². The van der Waals surface area contributed by atoms with Crippen LogP contribution in [0.5, 0.6) is 0 Å². The Morgan fingerprint density at radius 1 is 1.16 bits per heavy atom. The van der Waals surface area contributed by atoms with Crippen molar-refractivity contribution in [1.82, 2.24) is 20.1 Å². The number of amides is 1. The molecule has 2 heterocycles. The van der Waals surface area contributed by atoms with E-state index in [2.05, 4.69) is 15.2 Å². The number of nitrogens with one attached hydrogen (secondary N) is 1. The molecule has 1 saturated heterocycles. The molecule has 2 aliphatic rings. The summed E-state index contributed by atoms with van der Waals surface area (Å²) in [5.41, 5.74) is 1.35. The maximum atomic E-state index is 13.0. The van der Waals surface area contributed by atoms with E-state index in [-0.39, 0.29) is 11.9 Å². The molecule has 0 radical (unpaired) electrons. The van der Waals surface area contributed by atoms with Crippen molar-refractivity contribution in [2.24, 2.45) is 5.92 Å². The molecule has 7 nitrogen and oxygen atoms in total. The Bertz CT molecular complexity index is 772. The van der Waals surface area contributed by atoms with Gasteiger partial charge in [0.05, 0.1) is 0 Å². The lowest BCUT2D eigenvalue weighted by atomic mass is 9.84. The van der Waals surface area contributed by atoms with Crippen molar-refractivity contribution in [1.29, 1.82) is 0 Å². The number of carbonyl (C=O) groups excluding carboxylic acids is 1. The van der Waals surface area contributed by atoms with Gasteiger partial charge in [-0.3, -0.25) is 9.89 Å². The Morgan fingerprint density at radius 3 is 2.60 bits per heavy atom. The molecule has 7 heteroatoms. The first kappa shape index (κ1) is 15.8. The van der Waals surface area contributed by atoms with Crippen LogP contribution in [0.4, 0.5) is 0 Å². The summed E-state index contributed by atoms with van der Waals surface area (Å²) in [5, 5.41) is 16.2. The van der Waals surface area contributed by atoms with Gasteiger partial charge in [0.2, 0.25) is 0 Å². The number of aromatic amines is 1. The summed E-state index contributed by atoms with van der Waals surface area (Å²) in [5.74, 6) is -0.143. The highest BCUT2D eigenvalue weighted by molar-refractivity contribution is 5.97. The van der Waals surface area contributed by atoms with Crippen LogP contribution in [0.3, 0.4) is 0 Å². The summed E-state index contributed by atoms with van der Waals surface area (Å²) >= 11 is 0. The number of carboxylic acids is 1. The SMILES string of the molecule is O=C(O)C1CC2CCCCC2N1C(=O)c1ccc(-c2ncn[nH]2)cc1. The number of carbonyl (C=O) groups is 2. The molecule has 1 amide bonds. The molecule has 1 aliphatic carbocycles. The van der Waals surface area contributed by atoms with Gasteiger partial charge in [-0.15, -0.1) is 0 Å². The first-order valence-electron chi connectivity index (χ1n) is 8.66. The van der Waals surface area contributed by atoms with Gasteiger partial charge in [-0.25, -0.2) is 9.78 Å². The molecular formula is C18H20N4O3. The molecule has 0 bridgehead atoms. The van der Waals surface area contributed by atoms with Crippen LogP contribution in [-0.4, -0.2) is 49.1 Å². The average molecular weight is 340 g/mol. The number of aromatic nitrogens is 3. The zero-order chi connectivity index (χ0) is 17.4. The van der Waals surface area contributed by atoms with Crippen LogP contribution in [0.25, 0.3) is 11.4 Å². The summed E-state index contributed by atoms with van der Waals surface area (Å²) < 4.78 is 0. The Balaban J connectivity index is 1.61. The highest BCUT2D eigenvalue weighted by Gasteiger charge is 2.47. The van der Waals surface area contributed by atoms with Crippen LogP contribution in [-0.2, 0) is 4.79 Å². The number of benzene rings is 1. The number of rotatable bonds is 3. The minimum Gasteiger partial charge on any atom is -0.480 e. The molecule has 1 aromatic heterocycles. The Hall–Kier alpha value is -2.70. The third kappa shape index (κ3) is 2.79. The quantitative estimate of drug-likeness (QED) is 0.893. The molecule has 4 rings (SSSR count). The number of likely N-dealkylation sites (tertiary alicyclic amines) is 1. The smallest absolute Gasteiger partial charge is 0.326 e. The summed E-state index contributed by atoms with van der Waals surface area (Å²) in [4.78, 5) is 30.4. The van der Waals surface area contributed by atoms with Crippen molar-refractivity contribution in [3.05, 3.63) is 36.2 Å². The van der Waals surface area contributed by atoms with Crippen LogP contribution in [0, 0.1) is 5.92 Å². The summed E-state index contributed by atoms with van der Waals surface area (Å²) in [6.45, 7) is 0. The number of fused-ring (bicyclic) bond motifs is 1. The third-order valence-corrected chi connectivity index (χ3v) is 5.43. The standard InChI is InChI=1S/C18H20N4O3/c23-17(12-7-5-11(6-8-12)16-19-10-20-21-16)22-14-4-2-1-3-13(14)9-15(22)18(24)25/h5-8,10,13-15H,1-4,9H2,(H,24,25)(H,19,20,21). The number of aliphatic carboxylic acids is 1. The number of hydrogen-bond acceptors (Lipinski definition) is 4. The molecule has 2 N–H and O–H groups in total. The van der Waals surface area contributed by atoms with Gasteiger partial charge in [-0.05, 0) is 37.3 Å². The molecule has 0 spiro atoms. The summed E-state index contributed by atoms with van der Waals surface area (Å²) in [7, 11) is 0. The Kier molecular flexibility index (Phi) is 3.99. The predicted molar refractivity (Wildman–Crippen MR) is 89.8 cm³/mol. The third-order valence-electron chi connectivity index (χ3n) is 5.43. The molecule has 1 aromatic carbocycles. The molecular weight excluding hydrogens is 320 g/mol. The number of hydrogen-bond donors (Lipinski definition) is 2. The van der Waals surface area contributed by atoms with Gasteiger partial charge < -0.3 is 10.0 Å². The van der Waals surface area contributed by atoms with Gasteiger partial charge in [0.1, 0.15) is 12.4 Å². The molecule has 3 atom stereocenters. The minimum atomic E-state index is -0.902. The van der Waals surface area contributed by atoms with Crippen molar-refractivity contribution in [3.63, 3.8) is 0 Å². The minimum absolute atomic E-state index is 0.0521. The van der Waals surface area contributed by atoms with Crippen molar-refractivity contribution >= 4 is 11.9 Å². The number of H-pyrrole nitrogens is 1. The second kappa shape index (κ2) is 6.31. The second-order valence-electron chi connectivity index (χ2n) is 6.83.